The number of likely N-dealkylation sites (tertiary alicyclic amines) is 1. The van der Waals surface area contributed by atoms with Crippen molar-refractivity contribution in [2.75, 3.05) is 13.1 Å². The predicted molar refractivity (Wildman–Crippen MR) is 87.0 cm³/mol. The number of aromatic nitrogens is 4. The maximum absolute atomic E-state index is 13.1. The fourth-order valence-electron chi connectivity index (χ4n) is 2.72. The van der Waals surface area contributed by atoms with Gasteiger partial charge in [0.2, 0.25) is 5.91 Å². The van der Waals surface area contributed by atoms with Gasteiger partial charge in [-0.3, -0.25) is 9.59 Å². The van der Waals surface area contributed by atoms with Crippen LogP contribution in [0.25, 0.3) is 11.8 Å². The van der Waals surface area contributed by atoms with Gasteiger partial charge in [0, 0.05) is 13.1 Å². The van der Waals surface area contributed by atoms with Gasteiger partial charge >= 0.3 is 0 Å². The van der Waals surface area contributed by atoms with E-state index in [4.69, 9.17) is 5.73 Å². The zero-order chi connectivity index (χ0) is 18.0. The van der Waals surface area contributed by atoms with Gasteiger partial charge in [-0.05, 0) is 47.5 Å². The Morgan fingerprint density at radius 1 is 1.32 bits per heavy atom. The first kappa shape index (κ1) is 16.7. The fourth-order valence-corrected chi connectivity index (χ4v) is 2.72. The van der Waals surface area contributed by atoms with E-state index >= 15 is 0 Å². The highest BCUT2D eigenvalue weighted by Crippen LogP contribution is 2.21. The Bertz CT molecular complexity index is 829. The number of carbonyl (C=O) groups excluding carboxylic acids is 2. The SMILES string of the molecule is Cc1nnnn1/C(=C\c1ccc(F)cc1)C(=O)N1CCC(C(N)=O)C1. The molecule has 1 aromatic carbocycles. The van der Waals surface area contributed by atoms with Gasteiger partial charge in [-0.25, -0.2) is 4.39 Å². The molecule has 1 aliphatic heterocycles. The average Bonchev–Trinajstić information content (AvgIpc) is 3.23. The van der Waals surface area contributed by atoms with E-state index in [0.29, 0.717) is 24.4 Å². The van der Waals surface area contributed by atoms with Gasteiger partial charge in [-0.2, -0.15) is 4.68 Å². The smallest absolute Gasteiger partial charge is 0.272 e. The van der Waals surface area contributed by atoms with Crippen molar-refractivity contribution in [2.45, 2.75) is 13.3 Å². The van der Waals surface area contributed by atoms with Gasteiger partial charge in [0.1, 0.15) is 11.5 Å². The highest BCUT2D eigenvalue weighted by molar-refractivity contribution is 6.18. The van der Waals surface area contributed by atoms with E-state index in [1.807, 2.05) is 0 Å². The molecular weight excluding hydrogens is 327 g/mol. The van der Waals surface area contributed by atoms with E-state index < -0.39 is 5.91 Å². The second-order valence-corrected chi connectivity index (χ2v) is 5.86. The topological polar surface area (TPSA) is 107 Å². The number of tetrazole rings is 1. The van der Waals surface area contributed by atoms with Gasteiger partial charge in [-0.1, -0.05) is 12.1 Å². The maximum Gasteiger partial charge on any atom is 0.272 e. The van der Waals surface area contributed by atoms with Crippen molar-refractivity contribution in [1.29, 1.82) is 0 Å². The Hall–Kier alpha value is -3.10. The van der Waals surface area contributed by atoms with Crippen molar-refractivity contribution in [3.63, 3.8) is 0 Å². The minimum atomic E-state index is -0.419. The Morgan fingerprint density at radius 3 is 2.60 bits per heavy atom. The van der Waals surface area contributed by atoms with Crippen molar-refractivity contribution < 1.29 is 14.0 Å². The van der Waals surface area contributed by atoms with Gasteiger partial charge in [0.05, 0.1) is 5.92 Å². The van der Waals surface area contributed by atoms with Crippen LogP contribution in [-0.4, -0.2) is 50.0 Å². The number of benzene rings is 1. The summed E-state index contributed by atoms with van der Waals surface area (Å²) in [6, 6.07) is 5.72. The van der Waals surface area contributed by atoms with Crippen LogP contribution in [0.3, 0.4) is 0 Å². The predicted octanol–water partition coefficient (Wildman–Crippen LogP) is 0.453. The first-order valence-corrected chi connectivity index (χ1v) is 7.77. The molecule has 1 unspecified atom stereocenters. The number of primary amides is 1. The van der Waals surface area contributed by atoms with E-state index in [-0.39, 0.29) is 29.9 Å². The Balaban J connectivity index is 1.95. The molecule has 2 N–H and O–H groups in total. The normalized spacial score (nSPS) is 17.8. The Labute approximate surface area is 143 Å². The second kappa shape index (κ2) is 6.80. The molecule has 8 nitrogen and oxygen atoms in total. The van der Waals surface area contributed by atoms with Crippen LogP contribution >= 0.6 is 0 Å². The Morgan fingerprint density at radius 2 is 2.04 bits per heavy atom. The van der Waals surface area contributed by atoms with Gasteiger partial charge in [-0.15, -0.1) is 5.10 Å². The van der Waals surface area contributed by atoms with Crippen molar-refractivity contribution in [3.05, 3.63) is 41.5 Å². The van der Waals surface area contributed by atoms with Gasteiger partial charge in [0.15, 0.2) is 5.82 Å². The third kappa shape index (κ3) is 3.54. The molecule has 130 valence electrons. The van der Waals surface area contributed by atoms with Gasteiger partial charge in [0.25, 0.3) is 5.91 Å². The minimum absolute atomic E-state index is 0.222. The molecule has 0 aliphatic carbocycles. The van der Waals surface area contributed by atoms with E-state index in [2.05, 4.69) is 15.5 Å². The molecule has 0 bridgehead atoms. The quantitative estimate of drug-likeness (QED) is 0.811. The first-order valence-electron chi connectivity index (χ1n) is 7.77. The number of carbonyl (C=O) groups is 2. The van der Waals surface area contributed by atoms with Crippen LogP contribution in [0, 0.1) is 18.7 Å². The molecule has 1 aromatic heterocycles. The maximum atomic E-state index is 13.1. The van der Waals surface area contributed by atoms with Crippen LogP contribution < -0.4 is 5.73 Å². The molecule has 25 heavy (non-hydrogen) atoms. The van der Waals surface area contributed by atoms with Gasteiger partial charge < -0.3 is 10.6 Å². The molecule has 2 aromatic rings. The summed E-state index contributed by atoms with van der Waals surface area (Å²) >= 11 is 0. The zero-order valence-corrected chi connectivity index (χ0v) is 13.6. The molecule has 2 heterocycles. The summed E-state index contributed by atoms with van der Waals surface area (Å²) in [5.74, 6) is -1.02. The number of hydrogen-bond donors (Lipinski definition) is 1. The molecule has 0 spiro atoms. The molecule has 1 aliphatic rings. The molecule has 0 saturated carbocycles. The zero-order valence-electron chi connectivity index (χ0n) is 13.6. The monoisotopic (exact) mass is 344 g/mol. The largest absolute Gasteiger partial charge is 0.369 e. The number of amides is 2. The lowest BCUT2D eigenvalue weighted by atomic mass is 10.1. The van der Waals surface area contributed by atoms with Crippen molar-refractivity contribution in [2.24, 2.45) is 11.7 Å². The summed E-state index contributed by atoms with van der Waals surface area (Å²) < 4.78 is 14.4. The fraction of sp³-hybridized carbons (Fsp3) is 0.312. The molecule has 1 fully saturated rings. The second-order valence-electron chi connectivity index (χ2n) is 5.86. The standard InChI is InChI=1S/C16H17FN6O2/c1-10-19-20-21-23(10)14(8-11-2-4-13(17)5-3-11)16(25)22-7-6-12(9-22)15(18)24/h2-5,8,12H,6-7,9H2,1H3,(H2,18,24)/b14-8-. The molecule has 0 radical (unpaired) electrons. The third-order valence-corrected chi connectivity index (χ3v) is 4.12. The van der Waals surface area contributed by atoms with E-state index in [0.717, 1.165) is 0 Å². The summed E-state index contributed by atoms with van der Waals surface area (Å²) in [4.78, 5) is 25.8. The van der Waals surface area contributed by atoms with Crippen LogP contribution in [0.2, 0.25) is 0 Å². The summed E-state index contributed by atoms with van der Waals surface area (Å²) in [6.45, 7) is 2.35. The summed E-state index contributed by atoms with van der Waals surface area (Å²) in [6.07, 6.45) is 2.11. The number of rotatable bonds is 4. The van der Waals surface area contributed by atoms with Crippen molar-refractivity contribution in [1.82, 2.24) is 25.1 Å². The lowest BCUT2D eigenvalue weighted by molar-refractivity contribution is -0.125. The molecule has 1 saturated heterocycles. The van der Waals surface area contributed by atoms with Crippen LogP contribution in [0.1, 0.15) is 17.8 Å². The molecule has 3 rings (SSSR count). The number of halogens is 1. The molecular formula is C16H17FN6O2. The number of nitrogens with zero attached hydrogens (tertiary/aromatic N) is 5. The molecule has 2 amide bonds. The number of nitrogens with two attached hydrogens (primary N) is 1. The Kier molecular flexibility index (Phi) is 4.55. The lowest BCUT2D eigenvalue weighted by Crippen LogP contribution is -2.33. The molecule has 1 atom stereocenters. The summed E-state index contributed by atoms with van der Waals surface area (Å²) in [7, 11) is 0. The van der Waals surface area contributed by atoms with E-state index in [9.17, 15) is 14.0 Å². The van der Waals surface area contributed by atoms with Crippen LogP contribution in [0.4, 0.5) is 4.39 Å². The first-order chi connectivity index (χ1) is 12.0. The highest BCUT2D eigenvalue weighted by Gasteiger charge is 2.32. The van der Waals surface area contributed by atoms with Crippen molar-refractivity contribution >= 4 is 23.6 Å². The summed E-state index contributed by atoms with van der Waals surface area (Å²) in [5, 5.41) is 11.2. The van der Waals surface area contributed by atoms with Crippen molar-refractivity contribution in [3.8, 4) is 0 Å². The van der Waals surface area contributed by atoms with E-state index in [1.165, 1.54) is 16.8 Å². The number of aryl methyl sites for hydroxylation is 1. The van der Waals surface area contributed by atoms with Crippen LogP contribution in [0.15, 0.2) is 24.3 Å². The lowest BCUT2D eigenvalue weighted by Gasteiger charge is -2.18. The number of hydrogen-bond acceptors (Lipinski definition) is 5. The minimum Gasteiger partial charge on any atom is -0.369 e. The van der Waals surface area contributed by atoms with Crippen LogP contribution in [-0.2, 0) is 9.59 Å². The van der Waals surface area contributed by atoms with Crippen LogP contribution in [0.5, 0.6) is 0 Å². The summed E-state index contributed by atoms with van der Waals surface area (Å²) in [5.41, 5.74) is 6.18. The van der Waals surface area contributed by atoms with E-state index in [1.54, 1.807) is 30.0 Å². The average molecular weight is 344 g/mol. The highest BCUT2D eigenvalue weighted by atomic mass is 19.1. The molecule has 9 heteroatoms. The third-order valence-electron chi connectivity index (χ3n) is 4.12.